The number of rotatable bonds is 7. The molecule has 37 heavy (non-hydrogen) atoms. The molecule has 1 amide bonds. The van der Waals surface area contributed by atoms with Gasteiger partial charge in [-0.05, 0) is 55.5 Å². The van der Waals surface area contributed by atoms with E-state index >= 15 is 0 Å². The van der Waals surface area contributed by atoms with Crippen LogP contribution >= 0.6 is 23.2 Å². The molecule has 2 aliphatic heterocycles. The van der Waals surface area contributed by atoms with Crippen LogP contribution in [-0.4, -0.2) is 61.4 Å². The second-order valence-electron chi connectivity index (χ2n) is 9.08. The summed E-state index contributed by atoms with van der Waals surface area (Å²) in [5.41, 5.74) is 5.35. The Balaban J connectivity index is 1.08. The topological polar surface area (TPSA) is 76.2 Å². The van der Waals surface area contributed by atoms with Gasteiger partial charge in [-0.15, -0.1) is 0 Å². The highest BCUT2D eigenvalue weighted by atomic mass is 35.5. The lowest BCUT2D eigenvalue weighted by Crippen LogP contribution is -2.53. The second-order valence-corrected chi connectivity index (χ2v) is 9.93. The number of benzene rings is 2. The zero-order valence-electron chi connectivity index (χ0n) is 20.4. The number of hydrogen-bond donors (Lipinski definition) is 1. The predicted octanol–water partition coefficient (Wildman–Crippen LogP) is 4.52. The smallest absolute Gasteiger partial charge is 0.267 e. The van der Waals surface area contributed by atoms with Crippen LogP contribution in [0.15, 0.2) is 67.0 Å². The number of carbonyl (C=O) groups excluding carboxylic acids is 1. The number of hydrazine groups is 1. The number of nitrogens with zero attached hydrogens (tertiary/aromatic N) is 3. The number of amides is 1. The number of ether oxygens (including phenoxy) is 3. The van der Waals surface area contributed by atoms with E-state index < -0.39 is 5.79 Å². The van der Waals surface area contributed by atoms with Crippen molar-refractivity contribution in [3.05, 3.63) is 88.2 Å². The number of hydrogen-bond acceptors (Lipinski definition) is 7. The van der Waals surface area contributed by atoms with Crippen molar-refractivity contribution in [3.8, 4) is 5.75 Å². The van der Waals surface area contributed by atoms with Crippen LogP contribution in [0.1, 0.15) is 22.8 Å². The first-order chi connectivity index (χ1) is 17.9. The maximum Gasteiger partial charge on any atom is 0.267 e. The molecule has 2 aromatic carbocycles. The van der Waals surface area contributed by atoms with Gasteiger partial charge < -0.3 is 19.1 Å². The molecule has 1 N–H and O–H groups in total. The Morgan fingerprint density at radius 3 is 2.62 bits per heavy atom. The van der Waals surface area contributed by atoms with Gasteiger partial charge in [-0.1, -0.05) is 29.3 Å². The number of anilines is 1. The molecule has 2 fully saturated rings. The van der Waals surface area contributed by atoms with Gasteiger partial charge in [0.2, 0.25) is 0 Å². The van der Waals surface area contributed by atoms with Gasteiger partial charge >= 0.3 is 0 Å². The lowest BCUT2D eigenvalue weighted by atomic mass is 10.1. The summed E-state index contributed by atoms with van der Waals surface area (Å²) >= 11 is 12.4. The predicted molar refractivity (Wildman–Crippen MR) is 142 cm³/mol. The maximum absolute atomic E-state index is 12.3. The van der Waals surface area contributed by atoms with Crippen molar-refractivity contribution in [2.24, 2.45) is 0 Å². The van der Waals surface area contributed by atoms with Gasteiger partial charge in [0.1, 0.15) is 18.5 Å². The summed E-state index contributed by atoms with van der Waals surface area (Å²) in [5, 5.41) is 3.01. The standard InChI is InChI=1S/C27H28Cl2N4O4/c1-27(24-9-4-20(28)15-25(24)29)36-18-23(37-27)17-35-22-7-5-21(6-8-22)32-11-13-33(14-12-32)31-26(34)19-3-2-10-30-16-19/h2-10,15-16,23H,11-14,17-18H2,1H3,(H,31,34)/t23-,27+/m1/s1. The van der Waals surface area contributed by atoms with Crippen LogP contribution in [-0.2, 0) is 15.3 Å². The van der Waals surface area contributed by atoms with Crippen molar-refractivity contribution in [2.75, 3.05) is 44.3 Å². The number of nitrogens with one attached hydrogen (secondary N) is 1. The molecule has 0 bridgehead atoms. The minimum absolute atomic E-state index is 0.142. The van der Waals surface area contributed by atoms with Crippen LogP contribution in [0.25, 0.3) is 0 Å². The molecule has 0 unspecified atom stereocenters. The van der Waals surface area contributed by atoms with Gasteiger partial charge in [-0.3, -0.25) is 15.2 Å². The van der Waals surface area contributed by atoms with Gasteiger partial charge in [0, 0.05) is 54.8 Å². The molecule has 1 aromatic heterocycles. The normalized spacial score (nSPS) is 22.1. The lowest BCUT2D eigenvalue weighted by molar-refractivity contribution is -0.164. The molecule has 8 nitrogen and oxygen atoms in total. The fraction of sp³-hybridized carbons (Fsp3) is 0.333. The molecule has 0 spiro atoms. The fourth-order valence-electron chi connectivity index (χ4n) is 4.44. The number of pyridine rings is 1. The molecular formula is C27H28Cl2N4O4. The van der Waals surface area contributed by atoms with Crippen molar-refractivity contribution in [1.82, 2.24) is 15.4 Å². The van der Waals surface area contributed by atoms with E-state index in [1.165, 1.54) is 0 Å². The van der Waals surface area contributed by atoms with Gasteiger partial charge in [0.25, 0.3) is 5.91 Å². The molecule has 194 valence electrons. The second kappa shape index (κ2) is 11.2. The van der Waals surface area contributed by atoms with Gasteiger partial charge in [-0.25, -0.2) is 5.01 Å². The molecule has 3 heterocycles. The third-order valence-electron chi connectivity index (χ3n) is 6.46. The Morgan fingerprint density at radius 2 is 1.92 bits per heavy atom. The third-order valence-corrected chi connectivity index (χ3v) is 7.01. The summed E-state index contributed by atoms with van der Waals surface area (Å²) in [6, 6.07) is 16.8. The minimum Gasteiger partial charge on any atom is -0.491 e. The molecule has 2 saturated heterocycles. The molecule has 0 radical (unpaired) electrons. The summed E-state index contributed by atoms with van der Waals surface area (Å²) in [5.74, 6) is -0.330. The SMILES string of the molecule is C[C@]1(c2ccc(Cl)cc2Cl)OC[C@@H](COc2ccc(N3CCN(NC(=O)c4cccnc4)CC3)cc2)O1. The minimum atomic E-state index is -0.945. The van der Waals surface area contributed by atoms with E-state index in [-0.39, 0.29) is 12.0 Å². The average Bonchev–Trinajstić information content (AvgIpc) is 3.30. The van der Waals surface area contributed by atoms with E-state index in [4.69, 9.17) is 37.4 Å². The van der Waals surface area contributed by atoms with Gasteiger partial charge in [0.05, 0.1) is 17.2 Å². The first kappa shape index (κ1) is 25.8. The highest BCUT2D eigenvalue weighted by Crippen LogP contribution is 2.38. The van der Waals surface area contributed by atoms with Crippen molar-refractivity contribution < 1.29 is 19.0 Å². The summed E-state index contributed by atoms with van der Waals surface area (Å²) in [6.07, 6.45) is 2.98. The Kier molecular flexibility index (Phi) is 7.83. The molecule has 5 rings (SSSR count). The first-order valence-corrected chi connectivity index (χ1v) is 12.9. The number of piperazine rings is 1. The van der Waals surface area contributed by atoms with Crippen molar-refractivity contribution >= 4 is 34.8 Å². The maximum atomic E-state index is 12.3. The molecule has 2 aliphatic rings. The first-order valence-electron chi connectivity index (χ1n) is 12.1. The Bertz CT molecular complexity index is 1220. The average molecular weight is 543 g/mol. The summed E-state index contributed by atoms with van der Waals surface area (Å²) in [6.45, 7) is 5.64. The van der Waals surface area contributed by atoms with Crippen LogP contribution in [0.2, 0.25) is 10.0 Å². The van der Waals surface area contributed by atoms with Crippen LogP contribution in [0.4, 0.5) is 5.69 Å². The van der Waals surface area contributed by atoms with Crippen LogP contribution in [0, 0.1) is 0 Å². The highest BCUT2D eigenvalue weighted by molar-refractivity contribution is 6.35. The Labute approximate surface area is 226 Å². The Hall–Kier alpha value is -2.88. The van der Waals surface area contributed by atoms with Crippen molar-refractivity contribution in [3.63, 3.8) is 0 Å². The largest absolute Gasteiger partial charge is 0.491 e. The summed E-state index contributed by atoms with van der Waals surface area (Å²) < 4.78 is 18.1. The van der Waals surface area contributed by atoms with Crippen molar-refractivity contribution in [1.29, 1.82) is 0 Å². The van der Waals surface area contributed by atoms with Crippen LogP contribution in [0.3, 0.4) is 0 Å². The lowest BCUT2D eigenvalue weighted by Gasteiger charge is -2.36. The van der Waals surface area contributed by atoms with Gasteiger partial charge in [0.15, 0.2) is 5.79 Å². The zero-order chi connectivity index (χ0) is 25.8. The van der Waals surface area contributed by atoms with E-state index in [1.54, 1.807) is 36.7 Å². The van der Waals surface area contributed by atoms with E-state index in [1.807, 2.05) is 42.3 Å². The highest BCUT2D eigenvalue weighted by Gasteiger charge is 2.40. The zero-order valence-corrected chi connectivity index (χ0v) is 21.9. The molecule has 3 aromatic rings. The van der Waals surface area contributed by atoms with E-state index in [0.29, 0.717) is 28.8 Å². The van der Waals surface area contributed by atoms with Gasteiger partial charge in [-0.2, -0.15) is 0 Å². The van der Waals surface area contributed by atoms with E-state index in [2.05, 4.69) is 15.3 Å². The van der Waals surface area contributed by atoms with Crippen LogP contribution in [0.5, 0.6) is 5.75 Å². The Morgan fingerprint density at radius 1 is 1.14 bits per heavy atom. The monoisotopic (exact) mass is 542 g/mol. The molecule has 0 saturated carbocycles. The number of carbonyl (C=O) groups is 1. The molecule has 0 aliphatic carbocycles. The van der Waals surface area contributed by atoms with Crippen molar-refractivity contribution in [2.45, 2.75) is 18.8 Å². The van der Waals surface area contributed by atoms with E-state index in [0.717, 1.165) is 43.2 Å². The molecule has 2 atom stereocenters. The number of aromatic nitrogens is 1. The quantitative estimate of drug-likeness (QED) is 0.470. The summed E-state index contributed by atoms with van der Waals surface area (Å²) in [4.78, 5) is 18.6. The molecular weight excluding hydrogens is 515 g/mol. The number of halogens is 2. The third kappa shape index (κ3) is 6.17. The summed E-state index contributed by atoms with van der Waals surface area (Å²) in [7, 11) is 0. The van der Waals surface area contributed by atoms with Crippen LogP contribution < -0.4 is 15.1 Å². The molecule has 10 heteroatoms. The van der Waals surface area contributed by atoms with E-state index in [9.17, 15) is 4.79 Å². The fourth-order valence-corrected chi connectivity index (χ4v) is 5.02.